The van der Waals surface area contributed by atoms with Crippen LogP contribution < -0.4 is 10.6 Å². The Hall–Kier alpha value is -1.24. The van der Waals surface area contributed by atoms with Gasteiger partial charge in [0, 0.05) is 49.4 Å². The van der Waals surface area contributed by atoms with Gasteiger partial charge in [0.05, 0.1) is 6.54 Å². The minimum atomic E-state index is 0.498. The van der Waals surface area contributed by atoms with Gasteiger partial charge in [-0.3, -0.25) is 9.89 Å². The maximum atomic E-state index is 4.78. The molecule has 1 heterocycles. The van der Waals surface area contributed by atoms with Crippen LogP contribution >= 0.6 is 11.8 Å². The number of benzene rings is 1. The van der Waals surface area contributed by atoms with Gasteiger partial charge < -0.3 is 15.5 Å². The van der Waals surface area contributed by atoms with Gasteiger partial charge in [-0.15, -0.1) is 11.8 Å². The van der Waals surface area contributed by atoms with E-state index >= 15 is 0 Å². The second-order valence-corrected chi connectivity index (χ2v) is 7.37. The molecule has 1 aliphatic heterocycles. The number of rotatable bonds is 7. The first-order valence-corrected chi connectivity index (χ1v) is 9.76. The predicted octanol–water partition coefficient (Wildman–Crippen LogP) is 1.58. The monoisotopic (exact) mass is 349 g/mol. The zero-order valence-electron chi connectivity index (χ0n) is 15.2. The summed E-state index contributed by atoms with van der Waals surface area (Å²) >= 11 is 1.87. The summed E-state index contributed by atoms with van der Waals surface area (Å²) < 4.78 is 0. The molecule has 1 unspecified atom stereocenters. The maximum Gasteiger partial charge on any atom is 0.191 e. The van der Waals surface area contributed by atoms with Crippen molar-refractivity contribution >= 4 is 17.7 Å². The van der Waals surface area contributed by atoms with E-state index in [2.05, 4.69) is 71.8 Å². The van der Waals surface area contributed by atoms with Crippen molar-refractivity contribution in [3.63, 3.8) is 0 Å². The first-order chi connectivity index (χ1) is 11.7. The van der Waals surface area contributed by atoms with Crippen LogP contribution in [0.5, 0.6) is 0 Å². The molecule has 5 nitrogen and oxygen atoms in total. The largest absolute Gasteiger partial charge is 0.357 e. The molecule has 0 spiro atoms. The Kier molecular flexibility index (Phi) is 8.42. The molecule has 24 heavy (non-hydrogen) atoms. The van der Waals surface area contributed by atoms with E-state index in [1.54, 1.807) is 0 Å². The Balaban J connectivity index is 1.75. The van der Waals surface area contributed by atoms with Crippen LogP contribution in [0, 0.1) is 0 Å². The van der Waals surface area contributed by atoms with Crippen LogP contribution in [0.3, 0.4) is 0 Å². The summed E-state index contributed by atoms with van der Waals surface area (Å²) in [5.74, 6) is 1.95. The lowest BCUT2D eigenvalue weighted by molar-refractivity contribution is 0.119. The van der Waals surface area contributed by atoms with Gasteiger partial charge in [0.25, 0.3) is 0 Å². The van der Waals surface area contributed by atoms with Gasteiger partial charge in [-0.25, -0.2) is 0 Å². The quantitative estimate of drug-likeness (QED) is 0.339. The summed E-state index contributed by atoms with van der Waals surface area (Å²) in [5.41, 5.74) is 0. The summed E-state index contributed by atoms with van der Waals surface area (Å²) in [4.78, 5) is 10.9. The number of aliphatic imine (C=N–C) groups is 1. The molecular formula is C18H31N5S. The average molecular weight is 350 g/mol. The maximum absolute atomic E-state index is 4.78. The van der Waals surface area contributed by atoms with E-state index in [1.165, 1.54) is 4.90 Å². The molecule has 2 rings (SSSR count). The molecule has 1 saturated heterocycles. The molecule has 2 N–H and O–H groups in total. The molecule has 1 aliphatic rings. The van der Waals surface area contributed by atoms with Crippen molar-refractivity contribution in [1.82, 2.24) is 20.4 Å². The van der Waals surface area contributed by atoms with E-state index in [0.29, 0.717) is 6.04 Å². The molecule has 0 aliphatic carbocycles. The predicted molar refractivity (Wildman–Crippen MR) is 105 cm³/mol. The number of piperazine rings is 1. The first-order valence-electron chi connectivity index (χ1n) is 8.78. The van der Waals surface area contributed by atoms with E-state index in [4.69, 9.17) is 4.99 Å². The number of hydrogen-bond donors (Lipinski definition) is 2. The highest BCUT2D eigenvalue weighted by atomic mass is 32.2. The fourth-order valence-corrected chi connectivity index (χ4v) is 3.48. The van der Waals surface area contributed by atoms with Crippen molar-refractivity contribution in [1.29, 1.82) is 0 Å². The highest BCUT2D eigenvalue weighted by Crippen LogP contribution is 2.15. The Labute approximate surface area is 150 Å². The van der Waals surface area contributed by atoms with Crippen LogP contribution in [0.1, 0.15) is 6.92 Å². The van der Waals surface area contributed by atoms with Crippen molar-refractivity contribution in [2.24, 2.45) is 4.99 Å². The minimum Gasteiger partial charge on any atom is -0.357 e. The lowest BCUT2D eigenvalue weighted by Gasteiger charge is -2.36. The third-order valence-electron chi connectivity index (χ3n) is 4.19. The van der Waals surface area contributed by atoms with Gasteiger partial charge in [-0.2, -0.15) is 0 Å². The molecule has 1 aromatic rings. The Morgan fingerprint density at radius 3 is 2.75 bits per heavy atom. The van der Waals surface area contributed by atoms with E-state index in [1.807, 2.05) is 11.8 Å². The fourth-order valence-electron chi connectivity index (χ4n) is 2.69. The van der Waals surface area contributed by atoms with Gasteiger partial charge in [-0.1, -0.05) is 18.2 Å². The van der Waals surface area contributed by atoms with Gasteiger partial charge >= 0.3 is 0 Å². The third kappa shape index (κ3) is 6.71. The first kappa shape index (κ1) is 19.1. The highest BCUT2D eigenvalue weighted by molar-refractivity contribution is 7.99. The Bertz CT molecular complexity index is 493. The van der Waals surface area contributed by atoms with Crippen molar-refractivity contribution in [3.05, 3.63) is 30.3 Å². The number of nitrogens with one attached hydrogen (secondary N) is 2. The van der Waals surface area contributed by atoms with Crippen LogP contribution in [-0.2, 0) is 0 Å². The molecule has 0 radical (unpaired) electrons. The van der Waals surface area contributed by atoms with Gasteiger partial charge in [-0.05, 0) is 33.2 Å². The second kappa shape index (κ2) is 10.6. The number of nitrogens with zero attached hydrogens (tertiary/aromatic N) is 3. The van der Waals surface area contributed by atoms with E-state index in [-0.39, 0.29) is 0 Å². The van der Waals surface area contributed by atoms with E-state index < -0.39 is 0 Å². The summed E-state index contributed by atoms with van der Waals surface area (Å²) in [6.45, 7) is 8.09. The lowest BCUT2D eigenvalue weighted by atomic mass is 10.2. The molecule has 134 valence electrons. The van der Waals surface area contributed by atoms with Crippen LogP contribution in [-0.4, -0.2) is 80.9 Å². The number of likely N-dealkylation sites (N-methyl/N-ethyl adjacent to an activating group) is 2. The van der Waals surface area contributed by atoms with Crippen molar-refractivity contribution in [2.75, 3.05) is 59.1 Å². The average Bonchev–Trinajstić information content (AvgIpc) is 2.60. The van der Waals surface area contributed by atoms with Gasteiger partial charge in [0.1, 0.15) is 0 Å². The van der Waals surface area contributed by atoms with Crippen molar-refractivity contribution < 1.29 is 0 Å². The van der Waals surface area contributed by atoms with Crippen LogP contribution in [0.25, 0.3) is 0 Å². The number of thioether (sulfide) groups is 1. The Morgan fingerprint density at radius 2 is 2.00 bits per heavy atom. The SMILES string of the molecule is CCNC(=NCC1CN(C)CCN1C)NCCSc1ccccc1. The summed E-state index contributed by atoms with van der Waals surface area (Å²) in [7, 11) is 4.39. The topological polar surface area (TPSA) is 42.9 Å². The molecule has 1 aromatic carbocycles. The van der Waals surface area contributed by atoms with Crippen LogP contribution in [0.2, 0.25) is 0 Å². The number of hydrogen-bond acceptors (Lipinski definition) is 4. The summed E-state index contributed by atoms with van der Waals surface area (Å²) in [6, 6.07) is 11.0. The zero-order chi connectivity index (χ0) is 17.2. The molecule has 1 atom stereocenters. The summed E-state index contributed by atoms with van der Waals surface area (Å²) in [5, 5.41) is 6.79. The molecule has 6 heteroatoms. The molecular weight excluding hydrogens is 318 g/mol. The zero-order valence-corrected chi connectivity index (χ0v) is 16.0. The normalized spacial score (nSPS) is 20.1. The molecule has 1 fully saturated rings. The van der Waals surface area contributed by atoms with E-state index in [9.17, 15) is 0 Å². The van der Waals surface area contributed by atoms with Gasteiger partial charge in [0.15, 0.2) is 5.96 Å². The van der Waals surface area contributed by atoms with Crippen molar-refractivity contribution in [2.45, 2.75) is 17.9 Å². The number of guanidine groups is 1. The standard InChI is InChI=1S/C18H31N5S/c1-4-19-18(20-10-13-24-17-8-6-5-7-9-17)21-14-16-15-22(2)11-12-23(16)3/h5-9,16H,4,10-15H2,1-3H3,(H2,19,20,21). The van der Waals surface area contributed by atoms with Gasteiger partial charge in [0.2, 0.25) is 0 Å². The molecule has 0 saturated carbocycles. The van der Waals surface area contributed by atoms with E-state index in [0.717, 1.165) is 51.0 Å². The highest BCUT2D eigenvalue weighted by Gasteiger charge is 2.21. The van der Waals surface area contributed by atoms with Crippen LogP contribution in [0.15, 0.2) is 40.2 Å². The molecule has 0 bridgehead atoms. The third-order valence-corrected chi connectivity index (χ3v) is 5.20. The molecule has 0 amide bonds. The lowest BCUT2D eigenvalue weighted by Crippen LogP contribution is -2.51. The van der Waals surface area contributed by atoms with Crippen LogP contribution in [0.4, 0.5) is 0 Å². The minimum absolute atomic E-state index is 0.498. The molecule has 0 aromatic heterocycles. The second-order valence-electron chi connectivity index (χ2n) is 6.20. The fraction of sp³-hybridized carbons (Fsp3) is 0.611. The summed E-state index contributed by atoms with van der Waals surface area (Å²) in [6.07, 6.45) is 0. The van der Waals surface area contributed by atoms with Crippen molar-refractivity contribution in [3.8, 4) is 0 Å². The Morgan fingerprint density at radius 1 is 1.21 bits per heavy atom. The smallest absolute Gasteiger partial charge is 0.191 e.